The molecule has 0 radical (unpaired) electrons. The first kappa shape index (κ1) is 19.1. The molecule has 2 heterocycles. The fourth-order valence-electron chi connectivity index (χ4n) is 4.10. The Morgan fingerprint density at radius 3 is 2.39 bits per heavy atom. The lowest BCUT2D eigenvalue weighted by atomic mass is 9.90. The summed E-state index contributed by atoms with van der Waals surface area (Å²) < 4.78 is 5.60. The van der Waals surface area contributed by atoms with E-state index in [0.29, 0.717) is 17.5 Å². The van der Waals surface area contributed by atoms with Crippen LogP contribution in [0.1, 0.15) is 18.4 Å². The normalized spacial score (nSPS) is 21.1. The molecular formula is C22H26ClN3O2. The second-order valence-electron chi connectivity index (χ2n) is 7.78. The largest absolute Gasteiger partial charge is 0.443 e. The molecule has 2 aromatic carbocycles. The average Bonchev–Trinajstić information content (AvgIpc) is 3.06. The number of cyclic esters (lactones) is 1. The number of carbonyl (C=O) groups is 1. The van der Waals surface area contributed by atoms with Gasteiger partial charge in [-0.15, -0.1) is 0 Å². The lowest BCUT2D eigenvalue weighted by Crippen LogP contribution is -2.40. The molecule has 0 spiro atoms. The van der Waals surface area contributed by atoms with Gasteiger partial charge in [-0.05, 0) is 80.2 Å². The Morgan fingerprint density at radius 2 is 1.71 bits per heavy atom. The van der Waals surface area contributed by atoms with Gasteiger partial charge in [0.25, 0.3) is 0 Å². The molecule has 0 unspecified atom stereocenters. The number of halogens is 1. The molecule has 4 rings (SSSR count). The van der Waals surface area contributed by atoms with Crippen molar-refractivity contribution in [1.82, 2.24) is 4.90 Å². The number of rotatable bonds is 5. The van der Waals surface area contributed by atoms with E-state index in [1.165, 1.54) is 18.4 Å². The highest BCUT2D eigenvalue weighted by Crippen LogP contribution is 2.26. The minimum atomic E-state index is -0.273. The van der Waals surface area contributed by atoms with Crippen molar-refractivity contribution in [3.8, 4) is 0 Å². The zero-order valence-electron chi connectivity index (χ0n) is 15.9. The van der Waals surface area contributed by atoms with Gasteiger partial charge in [0.1, 0.15) is 6.10 Å². The van der Waals surface area contributed by atoms with Crippen molar-refractivity contribution in [3.63, 3.8) is 0 Å². The fraction of sp³-hybridized carbons (Fsp3) is 0.409. The number of nitrogens with two attached hydrogens (primary N) is 1. The number of piperidine rings is 1. The van der Waals surface area contributed by atoms with Crippen LogP contribution in [0.25, 0.3) is 0 Å². The van der Waals surface area contributed by atoms with Crippen LogP contribution >= 0.6 is 11.6 Å². The SMILES string of the molecule is Nc1ccc(CC2CCN(C[C@H]3CN(c4ccc(Cl)cc4)C(=O)O3)CC2)cc1. The molecule has 28 heavy (non-hydrogen) atoms. The molecule has 1 amide bonds. The first-order valence-electron chi connectivity index (χ1n) is 9.87. The van der Waals surface area contributed by atoms with E-state index in [1.54, 1.807) is 17.0 Å². The van der Waals surface area contributed by atoms with Gasteiger partial charge in [-0.2, -0.15) is 0 Å². The summed E-state index contributed by atoms with van der Waals surface area (Å²) in [6.45, 7) is 3.49. The van der Waals surface area contributed by atoms with Crippen molar-refractivity contribution in [3.05, 3.63) is 59.1 Å². The molecule has 2 aliphatic rings. The van der Waals surface area contributed by atoms with Gasteiger partial charge in [0.15, 0.2) is 0 Å². The second-order valence-corrected chi connectivity index (χ2v) is 8.22. The van der Waals surface area contributed by atoms with Crippen LogP contribution in [0.3, 0.4) is 0 Å². The minimum absolute atomic E-state index is 0.0863. The molecule has 0 aromatic heterocycles. The van der Waals surface area contributed by atoms with Gasteiger partial charge in [-0.3, -0.25) is 9.80 Å². The van der Waals surface area contributed by atoms with Crippen LogP contribution in [-0.2, 0) is 11.2 Å². The number of anilines is 2. The monoisotopic (exact) mass is 399 g/mol. The number of amides is 1. The van der Waals surface area contributed by atoms with E-state index >= 15 is 0 Å². The summed E-state index contributed by atoms with van der Waals surface area (Å²) in [6, 6.07) is 15.5. The summed E-state index contributed by atoms with van der Waals surface area (Å²) in [7, 11) is 0. The highest BCUT2D eigenvalue weighted by Gasteiger charge is 2.34. The third-order valence-electron chi connectivity index (χ3n) is 5.69. The van der Waals surface area contributed by atoms with E-state index in [2.05, 4.69) is 17.0 Å². The molecule has 2 saturated heterocycles. The Morgan fingerprint density at radius 1 is 1.04 bits per heavy atom. The lowest BCUT2D eigenvalue weighted by Gasteiger charge is -2.33. The summed E-state index contributed by atoms with van der Waals surface area (Å²) in [4.78, 5) is 16.3. The number of carbonyl (C=O) groups excluding carboxylic acids is 1. The van der Waals surface area contributed by atoms with Crippen LogP contribution in [0.2, 0.25) is 5.02 Å². The Labute approximate surface area is 171 Å². The summed E-state index contributed by atoms with van der Waals surface area (Å²) in [5.74, 6) is 0.705. The lowest BCUT2D eigenvalue weighted by molar-refractivity contribution is 0.0914. The fourth-order valence-corrected chi connectivity index (χ4v) is 4.22. The maximum Gasteiger partial charge on any atom is 0.414 e. The van der Waals surface area contributed by atoms with Crippen LogP contribution in [0.15, 0.2) is 48.5 Å². The number of hydrogen-bond acceptors (Lipinski definition) is 4. The number of nitrogen functional groups attached to an aromatic ring is 1. The Hall–Kier alpha value is -2.24. The van der Waals surface area contributed by atoms with Gasteiger partial charge in [0.2, 0.25) is 0 Å². The van der Waals surface area contributed by atoms with E-state index in [1.807, 2.05) is 24.3 Å². The van der Waals surface area contributed by atoms with Crippen LogP contribution < -0.4 is 10.6 Å². The number of ether oxygens (including phenoxy) is 1. The zero-order valence-corrected chi connectivity index (χ0v) is 16.6. The van der Waals surface area contributed by atoms with E-state index in [9.17, 15) is 4.79 Å². The molecule has 2 N–H and O–H groups in total. The quantitative estimate of drug-likeness (QED) is 0.765. The molecule has 2 aromatic rings. The number of hydrogen-bond donors (Lipinski definition) is 1. The minimum Gasteiger partial charge on any atom is -0.443 e. The highest BCUT2D eigenvalue weighted by molar-refractivity contribution is 6.30. The molecular weight excluding hydrogens is 374 g/mol. The van der Waals surface area contributed by atoms with Crippen molar-refractivity contribution in [2.75, 3.05) is 36.8 Å². The maximum absolute atomic E-state index is 12.2. The third-order valence-corrected chi connectivity index (χ3v) is 5.94. The Bertz CT molecular complexity index is 802. The first-order chi connectivity index (χ1) is 13.6. The zero-order chi connectivity index (χ0) is 19.5. The maximum atomic E-state index is 12.2. The van der Waals surface area contributed by atoms with E-state index in [4.69, 9.17) is 22.1 Å². The third kappa shape index (κ3) is 4.59. The van der Waals surface area contributed by atoms with E-state index < -0.39 is 0 Å². The van der Waals surface area contributed by atoms with Gasteiger partial charge < -0.3 is 10.5 Å². The highest BCUT2D eigenvalue weighted by atomic mass is 35.5. The second kappa shape index (κ2) is 8.41. The summed E-state index contributed by atoms with van der Waals surface area (Å²) in [5, 5.41) is 0.662. The van der Waals surface area contributed by atoms with Crippen molar-refractivity contribution >= 4 is 29.1 Å². The van der Waals surface area contributed by atoms with Crippen LogP contribution in [-0.4, -0.2) is 43.3 Å². The van der Waals surface area contributed by atoms with Gasteiger partial charge in [-0.1, -0.05) is 23.7 Å². The molecule has 0 bridgehead atoms. The number of benzene rings is 2. The average molecular weight is 400 g/mol. The summed E-state index contributed by atoms with van der Waals surface area (Å²) in [6.07, 6.45) is 3.09. The molecule has 2 aliphatic heterocycles. The number of nitrogens with zero attached hydrogens (tertiary/aromatic N) is 2. The van der Waals surface area contributed by atoms with Crippen LogP contribution in [0, 0.1) is 5.92 Å². The van der Waals surface area contributed by atoms with Gasteiger partial charge in [0.05, 0.1) is 6.54 Å². The predicted octanol–water partition coefficient (Wildman–Crippen LogP) is 4.20. The van der Waals surface area contributed by atoms with E-state index in [0.717, 1.165) is 37.4 Å². The molecule has 0 aliphatic carbocycles. The molecule has 2 fully saturated rings. The van der Waals surface area contributed by atoms with Gasteiger partial charge >= 0.3 is 6.09 Å². The number of likely N-dealkylation sites (tertiary alicyclic amines) is 1. The van der Waals surface area contributed by atoms with E-state index in [-0.39, 0.29) is 12.2 Å². The van der Waals surface area contributed by atoms with Crippen LogP contribution in [0.4, 0.5) is 16.2 Å². The topological polar surface area (TPSA) is 58.8 Å². The van der Waals surface area contributed by atoms with Crippen molar-refractivity contribution in [1.29, 1.82) is 0 Å². The Kier molecular flexibility index (Phi) is 5.74. The first-order valence-corrected chi connectivity index (χ1v) is 10.2. The van der Waals surface area contributed by atoms with Gasteiger partial charge in [0, 0.05) is 22.9 Å². The van der Waals surface area contributed by atoms with Gasteiger partial charge in [-0.25, -0.2) is 4.79 Å². The Balaban J connectivity index is 1.25. The molecule has 5 nitrogen and oxygen atoms in total. The van der Waals surface area contributed by atoms with Crippen molar-refractivity contribution in [2.24, 2.45) is 5.92 Å². The van der Waals surface area contributed by atoms with Crippen molar-refractivity contribution < 1.29 is 9.53 Å². The predicted molar refractivity (Wildman–Crippen MR) is 113 cm³/mol. The summed E-state index contributed by atoms with van der Waals surface area (Å²) in [5.41, 5.74) is 8.77. The van der Waals surface area contributed by atoms with Crippen LogP contribution in [0.5, 0.6) is 0 Å². The summed E-state index contributed by atoms with van der Waals surface area (Å²) >= 11 is 5.94. The van der Waals surface area contributed by atoms with Crippen molar-refractivity contribution in [2.45, 2.75) is 25.4 Å². The molecule has 6 heteroatoms. The molecule has 1 atom stereocenters. The molecule has 0 saturated carbocycles. The molecule has 148 valence electrons. The standard InChI is InChI=1S/C22H26ClN3O2/c23-18-3-7-20(8-4-18)26-15-21(28-22(26)27)14-25-11-9-17(10-12-25)13-16-1-5-19(24)6-2-16/h1-8,17,21H,9-15,24H2/t21-/m0/s1. The smallest absolute Gasteiger partial charge is 0.414 e.